The zero-order valence-electron chi connectivity index (χ0n) is 14.5. The number of anilines is 1. The molecule has 0 aliphatic carbocycles. The second-order valence-corrected chi connectivity index (χ2v) is 6.70. The van der Waals surface area contributed by atoms with Gasteiger partial charge in [-0.15, -0.1) is 0 Å². The zero-order valence-corrected chi connectivity index (χ0v) is 15.4. The molecule has 0 spiro atoms. The van der Waals surface area contributed by atoms with Crippen LogP contribution < -0.4 is 10.3 Å². The lowest BCUT2D eigenvalue weighted by Gasteiger charge is -2.03. The van der Waals surface area contributed by atoms with E-state index in [0.29, 0.717) is 31.2 Å². The summed E-state index contributed by atoms with van der Waals surface area (Å²) < 4.78 is 7.41. The Balaban J connectivity index is 1.92. The van der Waals surface area contributed by atoms with Crippen LogP contribution in [0.3, 0.4) is 0 Å². The lowest BCUT2D eigenvalue weighted by Crippen LogP contribution is -2.35. The van der Waals surface area contributed by atoms with Crippen molar-refractivity contribution in [3.8, 4) is 0 Å². The molecule has 2 N–H and O–H groups in total. The van der Waals surface area contributed by atoms with Crippen molar-refractivity contribution in [2.45, 2.75) is 53.0 Å². The second-order valence-electron chi connectivity index (χ2n) is 5.76. The molecule has 6 nitrogen and oxygen atoms in total. The molecule has 0 fully saturated rings. The molecular weight excluding hydrogens is 324 g/mol. The number of carbonyl (C=O) groups is 1. The minimum atomic E-state index is -0.108. The van der Waals surface area contributed by atoms with E-state index in [-0.39, 0.29) is 5.97 Å². The fraction of sp³-hybridized carbons (Fsp3) is 0.529. The van der Waals surface area contributed by atoms with Gasteiger partial charge in [0, 0.05) is 26.0 Å². The third kappa shape index (κ3) is 4.99. The van der Waals surface area contributed by atoms with Gasteiger partial charge in [0.2, 0.25) is 5.51 Å². The first-order chi connectivity index (χ1) is 11.5. The quantitative estimate of drug-likeness (QED) is 0.584. The molecule has 130 valence electrons. The molecule has 0 aliphatic heterocycles. The summed E-state index contributed by atoms with van der Waals surface area (Å²) in [4.78, 5) is 21.2. The third-order valence-corrected chi connectivity index (χ3v) is 4.99. The molecule has 0 aliphatic rings. The van der Waals surface area contributed by atoms with Crippen molar-refractivity contribution in [1.82, 2.24) is 9.97 Å². The van der Waals surface area contributed by atoms with E-state index in [9.17, 15) is 4.79 Å². The number of carbonyl (C=O) groups excluding carboxylic acids is 1. The van der Waals surface area contributed by atoms with Crippen LogP contribution in [-0.2, 0) is 22.5 Å². The molecular formula is C17H25N4O2S+. The SMILES string of the molecule is CCCCC(=O)OCCc1sc[n+](Cc2cnc(C)nc2N)c1C. The van der Waals surface area contributed by atoms with Crippen LogP contribution in [0.15, 0.2) is 11.7 Å². The molecule has 0 radical (unpaired) electrons. The number of hydrogen-bond acceptors (Lipinski definition) is 6. The third-order valence-electron chi connectivity index (χ3n) is 3.84. The number of esters is 1. The van der Waals surface area contributed by atoms with E-state index in [1.54, 1.807) is 17.5 Å². The first-order valence-corrected chi connectivity index (χ1v) is 9.09. The summed E-state index contributed by atoms with van der Waals surface area (Å²) in [5.41, 5.74) is 10.1. The summed E-state index contributed by atoms with van der Waals surface area (Å²) in [5.74, 6) is 1.09. The number of rotatable bonds is 8. The lowest BCUT2D eigenvalue weighted by molar-refractivity contribution is -0.689. The molecule has 0 saturated carbocycles. The van der Waals surface area contributed by atoms with Gasteiger partial charge in [-0.25, -0.2) is 9.97 Å². The molecule has 2 aromatic heterocycles. The van der Waals surface area contributed by atoms with Gasteiger partial charge in [0.05, 0.1) is 17.0 Å². The van der Waals surface area contributed by atoms with E-state index in [2.05, 4.69) is 33.9 Å². The van der Waals surface area contributed by atoms with Crippen LogP contribution in [-0.4, -0.2) is 22.5 Å². The molecule has 0 atom stereocenters. The maximum atomic E-state index is 11.5. The van der Waals surface area contributed by atoms with Gasteiger partial charge in [-0.2, -0.15) is 4.57 Å². The Labute approximate surface area is 146 Å². The van der Waals surface area contributed by atoms with E-state index in [0.717, 1.165) is 30.5 Å². The highest BCUT2D eigenvalue weighted by molar-refractivity contribution is 7.09. The number of hydrogen-bond donors (Lipinski definition) is 1. The summed E-state index contributed by atoms with van der Waals surface area (Å²) in [7, 11) is 0. The number of aromatic nitrogens is 3. The Morgan fingerprint density at radius 3 is 2.92 bits per heavy atom. The second kappa shape index (κ2) is 8.73. The summed E-state index contributed by atoms with van der Waals surface area (Å²) in [6, 6.07) is 0. The summed E-state index contributed by atoms with van der Waals surface area (Å²) in [6.07, 6.45) is 4.91. The van der Waals surface area contributed by atoms with Crippen molar-refractivity contribution in [3.63, 3.8) is 0 Å². The number of aryl methyl sites for hydroxylation is 1. The van der Waals surface area contributed by atoms with Crippen LogP contribution in [0.4, 0.5) is 5.82 Å². The molecule has 24 heavy (non-hydrogen) atoms. The average Bonchev–Trinajstić information content (AvgIpc) is 2.89. The summed E-state index contributed by atoms with van der Waals surface area (Å²) in [6.45, 7) is 7.02. The van der Waals surface area contributed by atoms with E-state index in [4.69, 9.17) is 10.5 Å². The largest absolute Gasteiger partial charge is 0.465 e. The van der Waals surface area contributed by atoms with E-state index in [1.807, 2.05) is 6.92 Å². The molecule has 0 aromatic carbocycles. The minimum Gasteiger partial charge on any atom is -0.465 e. The molecule has 0 unspecified atom stereocenters. The van der Waals surface area contributed by atoms with Gasteiger partial charge >= 0.3 is 5.97 Å². The Kier molecular flexibility index (Phi) is 6.66. The van der Waals surface area contributed by atoms with Crippen LogP contribution in [0.5, 0.6) is 0 Å². The molecule has 0 saturated heterocycles. The number of ether oxygens (including phenoxy) is 1. The van der Waals surface area contributed by atoms with Crippen LogP contribution in [0.25, 0.3) is 0 Å². The summed E-state index contributed by atoms with van der Waals surface area (Å²) >= 11 is 1.66. The molecule has 7 heteroatoms. The number of nitrogen functional groups attached to an aromatic ring is 1. The standard InChI is InChI=1S/C17H25N4O2S/c1-4-5-6-16(22)23-8-7-15-12(2)21(11-24-15)10-14-9-19-13(3)20-17(14)18/h9,11H,4-8,10H2,1-3H3,(H2,18,19,20)/q+1. The highest BCUT2D eigenvalue weighted by Gasteiger charge is 2.17. The highest BCUT2D eigenvalue weighted by Crippen LogP contribution is 2.14. The Morgan fingerprint density at radius 2 is 2.21 bits per heavy atom. The van der Waals surface area contributed by atoms with E-state index < -0.39 is 0 Å². The number of nitrogens with two attached hydrogens (primary N) is 1. The fourth-order valence-corrected chi connectivity index (χ4v) is 3.29. The maximum absolute atomic E-state index is 11.5. The van der Waals surface area contributed by atoms with Crippen LogP contribution >= 0.6 is 11.3 Å². The van der Waals surface area contributed by atoms with Crippen molar-refractivity contribution in [2.75, 3.05) is 12.3 Å². The Hall–Kier alpha value is -2.02. The molecule has 0 amide bonds. The summed E-state index contributed by atoms with van der Waals surface area (Å²) in [5, 5.41) is 0. The van der Waals surface area contributed by atoms with Crippen molar-refractivity contribution < 1.29 is 14.1 Å². The van der Waals surface area contributed by atoms with Crippen LogP contribution in [0.2, 0.25) is 0 Å². The molecule has 2 rings (SSSR count). The highest BCUT2D eigenvalue weighted by atomic mass is 32.1. The van der Waals surface area contributed by atoms with Crippen LogP contribution in [0.1, 0.15) is 48.1 Å². The predicted molar refractivity (Wildman–Crippen MR) is 93.7 cm³/mol. The van der Waals surface area contributed by atoms with Crippen molar-refractivity contribution >= 4 is 23.1 Å². The number of nitrogens with zero attached hydrogens (tertiary/aromatic N) is 3. The zero-order chi connectivity index (χ0) is 17.5. The minimum absolute atomic E-state index is 0.108. The first kappa shape index (κ1) is 18.3. The predicted octanol–water partition coefficient (Wildman–Crippen LogP) is 2.35. The number of unbranched alkanes of at least 4 members (excludes halogenated alkanes) is 1. The van der Waals surface area contributed by atoms with Crippen molar-refractivity contribution in [3.05, 3.63) is 33.7 Å². The van der Waals surface area contributed by atoms with E-state index >= 15 is 0 Å². The molecule has 2 heterocycles. The first-order valence-electron chi connectivity index (χ1n) is 8.21. The monoisotopic (exact) mass is 349 g/mol. The van der Waals surface area contributed by atoms with Gasteiger partial charge in [0.15, 0.2) is 12.2 Å². The van der Waals surface area contributed by atoms with Crippen molar-refractivity contribution in [2.24, 2.45) is 0 Å². The van der Waals surface area contributed by atoms with Gasteiger partial charge in [-0.05, 0) is 13.3 Å². The van der Waals surface area contributed by atoms with Crippen molar-refractivity contribution in [1.29, 1.82) is 0 Å². The number of thiazole rings is 1. The van der Waals surface area contributed by atoms with Crippen LogP contribution in [0, 0.1) is 13.8 Å². The van der Waals surface area contributed by atoms with Gasteiger partial charge < -0.3 is 10.5 Å². The topological polar surface area (TPSA) is 82.0 Å². The lowest BCUT2D eigenvalue weighted by atomic mass is 10.2. The maximum Gasteiger partial charge on any atom is 0.305 e. The Bertz CT molecular complexity index is 700. The molecule has 0 bridgehead atoms. The smallest absolute Gasteiger partial charge is 0.305 e. The Morgan fingerprint density at radius 1 is 1.42 bits per heavy atom. The fourth-order valence-electron chi connectivity index (χ4n) is 2.32. The van der Waals surface area contributed by atoms with Gasteiger partial charge in [0.1, 0.15) is 11.6 Å². The van der Waals surface area contributed by atoms with Gasteiger partial charge in [-0.3, -0.25) is 4.79 Å². The molecule has 2 aromatic rings. The van der Waals surface area contributed by atoms with Gasteiger partial charge in [0.25, 0.3) is 0 Å². The van der Waals surface area contributed by atoms with Gasteiger partial charge in [-0.1, -0.05) is 24.7 Å². The van der Waals surface area contributed by atoms with E-state index in [1.165, 1.54) is 4.88 Å². The normalized spacial score (nSPS) is 10.8. The average molecular weight is 349 g/mol.